The monoisotopic (exact) mass is 250 g/mol. The minimum absolute atomic E-state index is 0.108. The van der Waals surface area contributed by atoms with Crippen LogP contribution >= 0.6 is 0 Å². The predicted octanol–water partition coefficient (Wildman–Crippen LogP) is 2.98. The Morgan fingerprint density at radius 2 is 2.12 bits per heavy atom. The van der Waals surface area contributed by atoms with Crippen molar-refractivity contribution in [1.82, 2.24) is 10.2 Å². The minimum Gasteiger partial charge on any atom is -0.422 e. The molecule has 7 heteroatoms. The highest BCUT2D eigenvalue weighted by molar-refractivity contribution is 4.97. The van der Waals surface area contributed by atoms with Gasteiger partial charge in [0.05, 0.1) is 0 Å². The molecule has 1 unspecified atom stereocenters. The number of alkyl halides is 3. The topological polar surface area (TPSA) is 48.2 Å². The molecular weight excluding hydrogens is 237 g/mol. The molecule has 17 heavy (non-hydrogen) atoms. The van der Waals surface area contributed by atoms with Gasteiger partial charge in [0.15, 0.2) is 0 Å². The largest absolute Gasteiger partial charge is 0.422 e. The Balaban J connectivity index is 1.90. The number of hydrogen-bond acceptors (Lipinski definition) is 4. The second kappa shape index (κ2) is 4.64. The number of ether oxygens (including phenoxy) is 1. The average Bonchev–Trinajstić information content (AvgIpc) is 2.59. The third-order valence-electron chi connectivity index (χ3n) is 2.76. The molecule has 4 nitrogen and oxygen atoms in total. The van der Waals surface area contributed by atoms with Crippen LogP contribution in [-0.2, 0) is 4.74 Å². The van der Waals surface area contributed by atoms with Crippen LogP contribution in [-0.4, -0.2) is 23.0 Å². The lowest BCUT2D eigenvalue weighted by Gasteiger charge is -2.20. The molecule has 1 heterocycles. The number of hydrogen-bond donors (Lipinski definition) is 0. The van der Waals surface area contributed by atoms with Crippen molar-refractivity contribution in [3.63, 3.8) is 0 Å². The van der Waals surface area contributed by atoms with Gasteiger partial charge >= 0.3 is 6.18 Å². The van der Waals surface area contributed by atoms with Gasteiger partial charge in [-0.15, -0.1) is 10.2 Å². The fourth-order valence-corrected chi connectivity index (χ4v) is 1.52. The summed E-state index contributed by atoms with van der Waals surface area (Å²) in [4.78, 5) is 0. The smallest absolute Gasteiger partial charge is 0.411 e. The molecule has 1 atom stereocenters. The lowest BCUT2D eigenvalue weighted by Crippen LogP contribution is -2.18. The zero-order valence-corrected chi connectivity index (χ0v) is 9.33. The Morgan fingerprint density at radius 1 is 1.41 bits per heavy atom. The molecule has 1 fully saturated rings. The van der Waals surface area contributed by atoms with E-state index in [4.69, 9.17) is 4.42 Å². The van der Waals surface area contributed by atoms with Gasteiger partial charge < -0.3 is 9.15 Å². The lowest BCUT2D eigenvalue weighted by molar-refractivity contribution is -0.186. The van der Waals surface area contributed by atoms with Crippen molar-refractivity contribution in [2.24, 2.45) is 0 Å². The van der Waals surface area contributed by atoms with Gasteiger partial charge in [0.2, 0.25) is 11.8 Å². The molecule has 0 radical (unpaired) electrons. The summed E-state index contributed by atoms with van der Waals surface area (Å²) in [6.07, 6.45) is -2.05. The van der Waals surface area contributed by atoms with E-state index in [1.807, 2.05) is 0 Å². The Kier molecular flexibility index (Phi) is 3.37. The molecule has 96 valence electrons. The molecule has 1 aromatic rings. The molecular formula is C10H13F3N2O2. The third-order valence-corrected chi connectivity index (χ3v) is 2.76. The summed E-state index contributed by atoms with van der Waals surface area (Å²) in [5, 5.41) is 7.54. The Bertz CT molecular complexity index is 374. The number of nitrogens with zero attached hydrogens (tertiary/aromatic N) is 2. The normalized spacial score (nSPS) is 19.1. The van der Waals surface area contributed by atoms with Crippen LogP contribution in [0.5, 0.6) is 0 Å². The molecule has 1 aliphatic rings. The van der Waals surface area contributed by atoms with E-state index in [1.165, 1.54) is 6.92 Å². The second-order valence-electron chi connectivity index (χ2n) is 4.17. The van der Waals surface area contributed by atoms with Gasteiger partial charge in [0, 0.05) is 5.92 Å². The Labute approximate surface area is 96.2 Å². The van der Waals surface area contributed by atoms with Crippen molar-refractivity contribution in [3.8, 4) is 0 Å². The zero-order chi connectivity index (χ0) is 12.5. The van der Waals surface area contributed by atoms with Crippen LogP contribution in [0.2, 0.25) is 0 Å². The maximum Gasteiger partial charge on any atom is 0.411 e. The van der Waals surface area contributed by atoms with E-state index >= 15 is 0 Å². The van der Waals surface area contributed by atoms with E-state index in [9.17, 15) is 13.2 Å². The zero-order valence-electron chi connectivity index (χ0n) is 9.33. The van der Waals surface area contributed by atoms with Gasteiger partial charge in [-0.3, -0.25) is 0 Å². The van der Waals surface area contributed by atoms with Gasteiger partial charge in [0.25, 0.3) is 0 Å². The quantitative estimate of drug-likeness (QED) is 0.824. The molecule has 2 rings (SSSR count). The van der Waals surface area contributed by atoms with Crippen LogP contribution in [0, 0.1) is 0 Å². The van der Waals surface area contributed by atoms with Crippen molar-refractivity contribution in [2.45, 2.75) is 44.4 Å². The molecule has 0 bridgehead atoms. The first-order valence-electron chi connectivity index (χ1n) is 5.47. The van der Waals surface area contributed by atoms with Crippen molar-refractivity contribution in [1.29, 1.82) is 0 Å². The summed E-state index contributed by atoms with van der Waals surface area (Å²) < 4.78 is 45.7. The Hall–Kier alpha value is -1.11. The van der Waals surface area contributed by atoms with E-state index in [2.05, 4.69) is 14.9 Å². The fourth-order valence-electron chi connectivity index (χ4n) is 1.52. The summed E-state index contributed by atoms with van der Waals surface area (Å²) in [5.41, 5.74) is 0. The van der Waals surface area contributed by atoms with E-state index in [1.54, 1.807) is 0 Å². The van der Waals surface area contributed by atoms with Crippen molar-refractivity contribution in [2.75, 3.05) is 6.61 Å². The Morgan fingerprint density at radius 3 is 2.65 bits per heavy atom. The van der Waals surface area contributed by atoms with Crippen molar-refractivity contribution < 1.29 is 22.3 Å². The first-order valence-corrected chi connectivity index (χ1v) is 5.47. The molecule has 0 aromatic carbocycles. The minimum atomic E-state index is -4.34. The molecule has 0 saturated heterocycles. The average molecular weight is 250 g/mol. The van der Waals surface area contributed by atoms with E-state index in [-0.39, 0.29) is 11.8 Å². The molecule has 1 aliphatic carbocycles. The number of aromatic nitrogens is 2. The summed E-state index contributed by atoms with van der Waals surface area (Å²) in [6, 6.07) is 0. The van der Waals surface area contributed by atoms with Gasteiger partial charge in [-0.1, -0.05) is 6.42 Å². The van der Waals surface area contributed by atoms with Gasteiger partial charge in [-0.05, 0) is 19.8 Å². The molecule has 0 N–H and O–H groups in total. The second-order valence-corrected chi connectivity index (χ2v) is 4.17. The highest BCUT2D eigenvalue weighted by atomic mass is 19.4. The lowest BCUT2D eigenvalue weighted by atomic mass is 9.85. The standard InChI is InChI=1S/C10H13F3N2O2/c1-6(16-5-10(11,12)13)8-14-15-9(17-8)7-3-2-4-7/h6-7H,2-5H2,1H3. The SMILES string of the molecule is CC(OCC(F)(F)F)c1nnc(C2CCC2)o1. The molecule has 0 amide bonds. The van der Waals surface area contributed by atoms with Crippen molar-refractivity contribution in [3.05, 3.63) is 11.8 Å². The maximum atomic E-state index is 11.9. The third kappa shape index (κ3) is 3.18. The van der Waals surface area contributed by atoms with Gasteiger partial charge in [-0.25, -0.2) is 0 Å². The molecule has 0 spiro atoms. The summed E-state index contributed by atoms with van der Waals surface area (Å²) in [5.74, 6) is 0.885. The van der Waals surface area contributed by atoms with E-state index in [0.717, 1.165) is 19.3 Å². The van der Waals surface area contributed by atoms with E-state index in [0.29, 0.717) is 5.89 Å². The molecule has 1 aromatic heterocycles. The van der Waals surface area contributed by atoms with Crippen LogP contribution in [0.25, 0.3) is 0 Å². The van der Waals surface area contributed by atoms with Crippen molar-refractivity contribution >= 4 is 0 Å². The molecule has 1 saturated carbocycles. The summed E-state index contributed by atoms with van der Waals surface area (Å²) >= 11 is 0. The summed E-state index contributed by atoms with van der Waals surface area (Å²) in [6.45, 7) is 0.152. The fraction of sp³-hybridized carbons (Fsp3) is 0.800. The van der Waals surface area contributed by atoms with Crippen LogP contribution in [0.1, 0.15) is 50.0 Å². The highest BCUT2D eigenvalue weighted by Crippen LogP contribution is 2.36. The van der Waals surface area contributed by atoms with Gasteiger partial charge in [-0.2, -0.15) is 13.2 Å². The van der Waals surface area contributed by atoms with Crippen LogP contribution in [0.15, 0.2) is 4.42 Å². The van der Waals surface area contributed by atoms with Gasteiger partial charge in [0.1, 0.15) is 12.7 Å². The highest BCUT2D eigenvalue weighted by Gasteiger charge is 2.31. The number of rotatable bonds is 4. The molecule has 0 aliphatic heterocycles. The number of halogens is 3. The van der Waals surface area contributed by atoms with E-state index < -0.39 is 18.9 Å². The maximum absolute atomic E-state index is 11.9. The van der Waals surface area contributed by atoms with Crippen LogP contribution < -0.4 is 0 Å². The van der Waals surface area contributed by atoms with Crippen LogP contribution in [0.4, 0.5) is 13.2 Å². The predicted molar refractivity (Wildman–Crippen MR) is 51.3 cm³/mol. The first kappa shape index (κ1) is 12.3. The van der Waals surface area contributed by atoms with Crippen LogP contribution in [0.3, 0.4) is 0 Å². The first-order chi connectivity index (χ1) is 7.96. The summed E-state index contributed by atoms with van der Waals surface area (Å²) in [7, 11) is 0.